The van der Waals surface area contributed by atoms with Crippen molar-refractivity contribution in [2.75, 3.05) is 5.75 Å². The van der Waals surface area contributed by atoms with Crippen LogP contribution < -0.4 is 10.1 Å². The number of hydrogen-bond donors (Lipinski definition) is 1. The SMILES string of the molecule is O=C(CSc1nncn1-c1cccc(Cl)c1)NCc1ccc(Oc2cccnc2)c(F)c1. The maximum atomic E-state index is 14.3. The predicted molar refractivity (Wildman–Crippen MR) is 120 cm³/mol. The number of ether oxygens (including phenoxy) is 1. The standard InChI is InChI=1S/C22H17ClFN5O2S/c23-16-3-1-4-17(10-16)29-14-27-28-22(29)32-13-21(30)26-11-15-6-7-20(19(24)9-15)31-18-5-2-8-25-12-18/h1-10,12,14H,11,13H2,(H,26,30). The Morgan fingerprint density at radius 2 is 2.09 bits per heavy atom. The fourth-order valence-electron chi connectivity index (χ4n) is 2.78. The Bertz CT molecular complexity index is 1220. The molecule has 32 heavy (non-hydrogen) atoms. The van der Waals surface area contributed by atoms with Gasteiger partial charge in [0.15, 0.2) is 16.7 Å². The number of thioether (sulfide) groups is 1. The molecule has 0 fully saturated rings. The van der Waals surface area contributed by atoms with Crippen LogP contribution in [0.15, 0.2) is 78.5 Å². The number of rotatable bonds is 8. The summed E-state index contributed by atoms with van der Waals surface area (Å²) in [4.78, 5) is 16.2. The second kappa shape index (κ2) is 10.3. The number of hydrogen-bond acceptors (Lipinski definition) is 6. The smallest absolute Gasteiger partial charge is 0.230 e. The molecule has 0 aliphatic rings. The fourth-order valence-corrected chi connectivity index (χ4v) is 3.72. The van der Waals surface area contributed by atoms with Crippen molar-refractivity contribution in [1.82, 2.24) is 25.1 Å². The molecule has 10 heteroatoms. The maximum absolute atomic E-state index is 14.3. The van der Waals surface area contributed by atoms with Crippen LogP contribution in [0.2, 0.25) is 5.02 Å². The maximum Gasteiger partial charge on any atom is 0.230 e. The summed E-state index contributed by atoms with van der Waals surface area (Å²) in [5.41, 5.74) is 1.41. The van der Waals surface area contributed by atoms with Crippen molar-refractivity contribution < 1.29 is 13.9 Å². The summed E-state index contributed by atoms with van der Waals surface area (Å²) < 4.78 is 21.6. The topological polar surface area (TPSA) is 81.9 Å². The molecule has 0 bridgehead atoms. The van der Waals surface area contributed by atoms with Gasteiger partial charge in [-0.3, -0.25) is 14.3 Å². The number of aromatic nitrogens is 4. The van der Waals surface area contributed by atoms with Gasteiger partial charge in [0, 0.05) is 17.8 Å². The molecule has 0 saturated heterocycles. The second-order valence-electron chi connectivity index (χ2n) is 6.58. The highest BCUT2D eigenvalue weighted by Gasteiger charge is 2.11. The van der Waals surface area contributed by atoms with Crippen LogP contribution >= 0.6 is 23.4 Å². The largest absolute Gasteiger partial charge is 0.453 e. The Hall–Kier alpha value is -3.43. The molecule has 7 nitrogen and oxygen atoms in total. The van der Waals surface area contributed by atoms with E-state index in [4.69, 9.17) is 16.3 Å². The summed E-state index contributed by atoms with van der Waals surface area (Å²) >= 11 is 7.28. The van der Waals surface area contributed by atoms with Crippen LogP contribution in [0.4, 0.5) is 4.39 Å². The number of pyridine rings is 1. The van der Waals surface area contributed by atoms with E-state index in [1.165, 1.54) is 30.1 Å². The summed E-state index contributed by atoms with van der Waals surface area (Å²) in [6.45, 7) is 0.185. The molecule has 162 valence electrons. The summed E-state index contributed by atoms with van der Waals surface area (Å²) in [6.07, 6.45) is 4.66. The van der Waals surface area contributed by atoms with Crippen LogP contribution in [0.25, 0.3) is 5.69 Å². The number of nitrogens with zero attached hydrogens (tertiary/aromatic N) is 4. The van der Waals surface area contributed by atoms with Crippen LogP contribution in [0.1, 0.15) is 5.56 Å². The van der Waals surface area contributed by atoms with Crippen LogP contribution in [0.5, 0.6) is 11.5 Å². The first-order chi connectivity index (χ1) is 15.6. The number of benzene rings is 2. The van der Waals surface area contributed by atoms with Gasteiger partial charge in [0.1, 0.15) is 12.1 Å². The molecular formula is C22H17ClFN5O2S. The molecule has 2 aromatic carbocycles. The number of amides is 1. The molecule has 0 unspecified atom stereocenters. The van der Waals surface area contributed by atoms with E-state index in [2.05, 4.69) is 20.5 Å². The number of nitrogens with one attached hydrogen (secondary N) is 1. The van der Waals surface area contributed by atoms with E-state index in [0.717, 1.165) is 5.69 Å². The minimum absolute atomic E-state index is 0.0870. The third kappa shape index (κ3) is 5.63. The lowest BCUT2D eigenvalue weighted by atomic mass is 10.2. The van der Waals surface area contributed by atoms with Gasteiger partial charge >= 0.3 is 0 Å². The van der Waals surface area contributed by atoms with E-state index >= 15 is 0 Å². The Balaban J connectivity index is 1.30. The lowest BCUT2D eigenvalue weighted by Gasteiger charge is -2.09. The van der Waals surface area contributed by atoms with Crippen LogP contribution in [-0.4, -0.2) is 31.4 Å². The summed E-state index contributed by atoms with van der Waals surface area (Å²) in [5.74, 6) is -0.0837. The van der Waals surface area contributed by atoms with Crippen LogP contribution in [-0.2, 0) is 11.3 Å². The lowest BCUT2D eigenvalue weighted by Crippen LogP contribution is -2.24. The second-order valence-corrected chi connectivity index (χ2v) is 7.96. The molecule has 2 heterocycles. The zero-order valence-electron chi connectivity index (χ0n) is 16.6. The number of halogens is 2. The molecule has 0 radical (unpaired) electrons. The number of carbonyl (C=O) groups excluding carboxylic acids is 1. The van der Waals surface area contributed by atoms with Gasteiger partial charge < -0.3 is 10.1 Å². The van der Waals surface area contributed by atoms with E-state index in [0.29, 0.717) is 21.5 Å². The molecule has 0 saturated carbocycles. The van der Waals surface area contributed by atoms with E-state index in [1.54, 1.807) is 47.4 Å². The van der Waals surface area contributed by atoms with Crippen LogP contribution in [0.3, 0.4) is 0 Å². The molecule has 0 spiro atoms. The number of carbonyl (C=O) groups is 1. The van der Waals surface area contributed by atoms with Gasteiger partial charge in [0.05, 0.1) is 17.6 Å². The molecule has 2 aromatic heterocycles. The average molecular weight is 470 g/mol. The van der Waals surface area contributed by atoms with Crippen molar-refractivity contribution in [3.8, 4) is 17.2 Å². The highest BCUT2D eigenvalue weighted by Crippen LogP contribution is 2.25. The Kier molecular flexibility index (Phi) is 6.98. The van der Waals surface area contributed by atoms with E-state index < -0.39 is 5.82 Å². The molecule has 1 N–H and O–H groups in total. The molecule has 0 aliphatic carbocycles. The average Bonchev–Trinajstić information content (AvgIpc) is 3.27. The van der Waals surface area contributed by atoms with E-state index in [-0.39, 0.29) is 24.0 Å². The van der Waals surface area contributed by atoms with Gasteiger partial charge in [0.25, 0.3) is 0 Å². The molecule has 1 amide bonds. The highest BCUT2D eigenvalue weighted by atomic mass is 35.5. The minimum Gasteiger partial charge on any atom is -0.453 e. The van der Waals surface area contributed by atoms with E-state index in [1.807, 2.05) is 12.1 Å². The quantitative estimate of drug-likeness (QED) is 0.378. The molecule has 4 aromatic rings. The van der Waals surface area contributed by atoms with Crippen LogP contribution in [0, 0.1) is 5.82 Å². The van der Waals surface area contributed by atoms with Crippen molar-refractivity contribution in [2.24, 2.45) is 0 Å². The van der Waals surface area contributed by atoms with Crippen molar-refractivity contribution in [2.45, 2.75) is 11.7 Å². The van der Waals surface area contributed by atoms with Gasteiger partial charge in [-0.1, -0.05) is 35.5 Å². The van der Waals surface area contributed by atoms with Gasteiger partial charge in [-0.15, -0.1) is 10.2 Å². The van der Waals surface area contributed by atoms with Gasteiger partial charge in [-0.2, -0.15) is 0 Å². The third-order valence-corrected chi connectivity index (χ3v) is 5.46. The van der Waals surface area contributed by atoms with Crippen molar-refractivity contribution in [1.29, 1.82) is 0 Å². The van der Waals surface area contributed by atoms with Gasteiger partial charge in [0.2, 0.25) is 5.91 Å². The Morgan fingerprint density at radius 1 is 1.19 bits per heavy atom. The molecule has 4 rings (SSSR count). The summed E-state index contributed by atoms with van der Waals surface area (Å²) in [6, 6.07) is 15.2. The monoisotopic (exact) mass is 469 g/mol. The van der Waals surface area contributed by atoms with Gasteiger partial charge in [-0.25, -0.2) is 4.39 Å². The Morgan fingerprint density at radius 3 is 2.88 bits per heavy atom. The summed E-state index contributed by atoms with van der Waals surface area (Å²) in [7, 11) is 0. The zero-order chi connectivity index (χ0) is 22.3. The zero-order valence-corrected chi connectivity index (χ0v) is 18.2. The lowest BCUT2D eigenvalue weighted by molar-refractivity contribution is -0.118. The van der Waals surface area contributed by atoms with Crippen molar-refractivity contribution >= 4 is 29.3 Å². The normalized spacial score (nSPS) is 10.7. The van der Waals surface area contributed by atoms with Crippen molar-refractivity contribution in [3.05, 3.63) is 89.7 Å². The first-order valence-corrected chi connectivity index (χ1v) is 10.9. The van der Waals surface area contributed by atoms with Gasteiger partial charge in [-0.05, 0) is 48.0 Å². The predicted octanol–water partition coefficient (Wildman–Crippen LogP) is 4.66. The minimum atomic E-state index is -0.524. The first kappa shape index (κ1) is 21.8. The third-order valence-electron chi connectivity index (χ3n) is 4.28. The fraction of sp³-hybridized carbons (Fsp3) is 0.0909. The summed E-state index contributed by atoms with van der Waals surface area (Å²) in [5, 5.41) is 11.9. The first-order valence-electron chi connectivity index (χ1n) is 9.50. The van der Waals surface area contributed by atoms with Crippen molar-refractivity contribution in [3.63, 3.8) is 0 Å². The highest BCUT2D eigenvalue weighted by molar-refractivity contribution is 7.99. The molecular weight excluding hydrogens is 453 g/mol. The molecule has 0 aliphatic heterocycles. The Labute approximate surface area is 192 Å². The van der Waals surface area contributed by atoms with E-state index in [9.17, 15) is 9.18 Å². The molecule has 0 atom stereocenters.